The van der Waals surface area contributed by atoms with Gasteiger partial charge in [0.25, 0.3) is 10.0 Å². The fourth-order valence-electron chi connectivity index (χ4n) is 1.40. The van der Waals surface area contributed by atoms with Crippen molar-refractivity contribution in [2.45, 2.75) is 37.9 Å². The van der Waals surface area contributed by atoms with Crippen molar-refractivity contribution in [2.24, 2.45) is 0 Å². The molecule has 6 heteroatoms. The quantitative estimate of drug-likeness (QED) is 0.840. The molecule has 0 spiro atoms. The summed E-state index contributed by atoms with van der Waals surface area (Å²) in [5.41, 5.74) is 0. The van der Waals surface area contributed by atoms with Crippen LogP contribution in [0.2, 0.25) is 0 Å². The van der Waals surface area contributed by atoms with Crippen molar-refractivity contribution >= 4 is 10.0 Å². The summed E-state index contributed by atoms with van der Waals surface area (Å²) in [5, 5.41) is 2.91. The molecule has 0 radical (unpaired) electrons. The van der Waals surface area contributed by atoms with E-state index in [0.717, 1.165) is 6.42 Å². The van der Waals surface area contributed by atoms with Gasteiger partial charge in [-0.3, -0.25) is 0 Å². The highest BCUT2D eigenvalue weighted by Gasteiger charge is 2.27. The lowest BCUT2D eigenvalue weighted by Crippen LogP contribution is -2.34. The third-order valence-electron chi connectivity index (χ3n) is 2.83. The average molecular weight is 260 g/mol. The Morgan fingerprint density at radius 2 is 2.12 bits per heavy atom. The summed E-state index contributed by atoms with van der Waals surface area (Å²) in [6.45, 7) is 4.34. The maximum absolute atomic E-state index is 12.2. The van der Waals surface area contributed by atoms with Crippen LogP contribution in [0.15, 0.2) is 21.6 Å². The summed E-state index contributed by atoms with van der Waals surface area (Å²) in [6.07, 6.45) is 0.764. The largest absolute Gasteiger partial charge is 0.447 e. The predicted molar refractivity (Wildman–Crippen MR) is 66.2 cm³/mol. The van der Waals surface area contributed by atoms with Crippen molar-refractivity contribution in [2.75, 3.05) is 14.1 Å². The first-order chi connectivity index (χ1) is 7.93. The molecule has 0 aliphatic rings. The zero-order valence-corrected chi connectivity index (χ0v) is 11.5. The van der Waals surface area contributed by atoms with E-state index >= 15 is 0 Å². The molecule has 17 heavy (non-hydrogen) atoms. The Morgan fingerprint density at radius 3 is 2.65 bits per heavy atom. The molecular weight excluding hydrogens is 240 g/mol. The molecule has 1 unspecified atom stereocenters. The minimum absolute atomic E-state index is 0.00514. The summed E-state index contributed by atoms with van der Waals surface area (Å²) in [6, 6.07) is 3.13. The third-order valence-corrected chi connectivity index (χ3v) is 4.68. The first-order valence-corrected chi connectivity index (χ1v) is 7.08. The van der Waals surface area contributed by atoms with E-state index in [9.17, 15) is 8.42 Å². The summed E-state index contributed by atoms with van der Waals surface area (Å²) in [4.78, 5) is 0. The van der Waals surface area contributed by atoms with Crippen LogP contribution in [-0.2, 0) is 16.6 Å². The van der Waals surface area contributed by atoms with Crippen molar-refractivity contribution in [1.82, 2.24) is 9.62 Å². The summed E-state index contributed by atoms with van der Waals surface area (Å²) < 4.78 is 31.0. The van der Waals surface area contributed by atoms with Gasteiger partial charge in [-0.2, -0.15) is 4.31 Å². The van der Waals surface area contributed by atoms with Gasteiger partial charge in [-0.25, -0.2) is 8.42 Å². The van der Waals surface area contributed by atoms with Crippen molar-refractivity contribution in [3.05, 3.63) is 17.9 Å². The van der Waals surface area contributed by atoms with Gasteiger partial charge in [-0.1, -0.05) is 6.92 Å². The van der Waals surface area contributed by atoms with Gasteiger partial charge in [-0.15, -0.1) is 0 Å². The summed E-state index contributed by atoms with van der Waals surface area (Å²) >= 11 is 0. The van der Waals surface area contributed by atoms with E-state index in [0.29, 0.717) is 12.3 Å². The van der Waals surface area contributed by atoms with Gasteiger partial charge in [-0.05, 0) is 32.5 Å². The van der Waals surface area contributed by atoms with Gasteiger partial charge >= 0.3 is 0 Å². The van der Waals surface area contributed by atoms with Crippen LogP contribution in [0.5, 0.6) is 0 Å². The molecule has 0 amide bonds. The maximum atomic E-state index is 12.2. The van der Waals surface area contributed by atoms with Gasteiger partial charge in [0.1, 0.15) is 5.76 Å². The number of furan rings is 1. The molecule has 0 aliphatic carbocycles. The van der Waals surface area contributed by atoms with Gasteiger partial charge in [0.05, 0.1) is 6.54 Å². The molecule has 98 valence electrons. The fraction of sp³-hybridized carbons (Fsp3) is 0.636. The fourth-order valence-corrected chi connectivity index (χ4v) is 2.76. The molecule has 1 aromatic rings. The van der Waals surface area contributed by atoms with Gasteiger partial charge in [0.15, 0.2) is 0 Å². The summed E-state index contributed by atoms with van der Waals surface area (Å²) in [7, 11) is -0.156. The molecular formula is C11H20N2O3S. The zero-order valence-electron chi connectivity index (χ0n) is 10.7. The van der Waals surface area contributed by atoms with Crippen LogP contribution in [0.1, 0.15) is 26.0 Å². The first-order valence-electron chi connectivity index (χ1n) is 5.64. The highest BCUT2D eigenvalue weighted by Crippen LogP contribution is 2.20. The van der Waals surface area contributed by atoms with Crippen molar-refractivity contribution in [3.63, 3.8) is 0 Å². The normalized spacial score (nSPS) is 14.2. The van der Waals surface area contributed by atoms with Crippen LogP contribution < -0.4 is 5.32 Å². The highest BCUT2D eigenvalue weighted by molar-refractivity contribution is 7.89. The van der Waals surface area contributed by atoms with Crippen LogP contribution in [0.4, 0.5) is 0 Å². The molecule has 0 saturated heterocycles. The van der Waals surface area contributed by atoms with E-state index in [1.54, 1.807) is 20.2 Å². The second-order valence-corrected chi connectivity index (χ2v) is 5.96. The lowest BCUT2D eigenvalue weighted by atomic mass is 10.3. The Morgan fingerprint density at radius 1 is 1.47 bits per heavy atom. The number of hydrogen-bond donors (Lipinski definition) is 1. The van der Waals surface area contributed by atoms with Crippen LogP contribution >= 0.6 is 0 Å². The van der Waals surface area contributed by atoms with E-state index < -0.39 is 10.0 Å². The highest BCUT2D eigenvalue weighted by atomic mass is 32.2. The SMILES string of the molecule is CCC(C)N(C)S(=O)(=O)c1ccc(CNC)o1. The van der Waals surface area contributed by atoms with Gasteiger partial charge in [0, 0.05) is 13.1 Å². The number of nitrogens with one attached hydrogen (secondary N) is 1. The number of nitrogens with zero attached hydrogens (tertiary/aromatic N) is 1. The second kappa shape index (κ2) is 5.66. The molecule has 0 fully saturated rings. The van der Waals surface area contributed by atoms with E-state index in [1.807, 2.05) is 13.8 Å². The number of hydrogen-bond acceptors (Lipinski definition) is 4. The van der Waals surface area contributed by atoms with Crippen LogP contribution in [0, 0.1) is 0 Å². The first kappa shape index (κ1) is 14.2. The number of sulfonamides is 1. The van der Waals surface area contributed by atoms with Crippen molar-refractivity contribution in [3.8, 4) is 0 Å². The van der Waals surface area contributed by atoms with Crippen LogP contribution in [0.3, 0.4) is 0 Å². The molecule has 1 heterocycles. The van der Waals surface area contributed by atoms with E-state index in [1.165, 1.54) is 10.4 Å². The van der Waals surface area contributed by atoms with E-state index in [4.69, 9.17) is 4.42 Å². The Hall–Kier alpha value is -0.850. The lowest BCUT2D eigenvalue weighted by molar-refractivity contribution is 0.349. The molecule has 0 saturated carbocycles. The zero-order chi connectivity index (χ0) is 13.1. The molecule has 0 aromatic carbocycles. The third kappa shape index (κ3) is 3.08. The Bertz CT molecular complexity index is 453. The molecule has 0 aliphatic heterocycles. The molecule has 0 bridgehead atoms. The monoisotopic (exact) mass is 260 g/mol. The molecule has 1 rings (SSSR count). The molecule has 1 atom stereocenters. The average Bonchev–Trinajstić information content (AvgIpc) is 2.76. The van der Waals surface area contributed by atoms with Crippen molar-refractivity contribution < 1.29 is 12.8 Å². The van der Waals surface area contributed by atoms with E-state index in [-0.39, 0.29) is 11.1 Å². The minimum Gasteiger partial charge on any atom is -0.447 e. The summed E-state index contributed by atoms with van der Waals surface area (Å²) in [5.74, 6) is 0.614. The Kier molecular flexibility index (Phi) is 4.73. The topological polar surface area (TPSA) is 62.6 Å². The molecule has 1 N–H and O–H groups in total. The van der Waals surface area contributed by atoms with Crippen LogP contribution in [-0.4, -0.2) is 32.9 Å². The maximum Gasteiger partial charge on any atom is 0.276 e. The van der Waals surface area contributed by atoms with Crippen LogP contribution in [0.25, 0.3) is 0 Å². The van der Waals surface area contributed by atoms with Crippen molar-refractivity contribution in [1.29, 1.82) is 0 Å². The van der Waals surface area contributed by atoms with Gasteiger partial charge < -0.3 is 9.73 Å². The Labute approximate surface area is 103 Å². The minimum atomic E-state index is -3.51. The predicted octanol–water partition coefficient (Wildman–Crippen LogP) is 1.42. The smallest absolute Gasteiger partial charge is 0.276 e. The molecule has 5 nitrogen and oxygen atoms in total. The molecule has 1 aromatic heterocycles. The van der Waals surface area contributed by atoms with Gasteiger partial charge in [0.2, 0.25) is 5.09 Å². The number of rotatable bonds is 6. The van der Waals surface area contributed by atoms with E-state index in [2.05, 4.69) is 5.32 Å². The second-order valence-electron chi connectivity index (χ2n) is 4.03. The Balaban J connectivity index is 2.96. The standard InChI is InChI=1S/C11H20N2O3S/c1-5-9(2)13(4)17(14,15)11-7-6-10(16-11)8-12-3/h6-7,9,12H,5,8H2,1-4H3. The lowest BCUT2D eigenvalue weighted by Gasteiger charge is -2.21.